The quantitative estimate of drug-likeness (QED) is 0.592. The van der Waals surface area contributed by atoms with Crippen LogP contribution in [0.3, 0.4) is 0 Å². The number of H-pyrrole nitrogens is 1. The van der Waals surface area contributed by atoms with Crippen molar-refractivity contribution in [1.29, 1.82) is 0 Å². The van der Waals surface area contributed by atoms with Gasteiger partial charge >= 0.3 is 0 Å². The highest BCUT2D eigenvalue weighted by molar-refractivity contribution is 7.91. The first-order valence-corrected chi connectivity index (χ1v) is 4.15. The molecule has 1 aromatic rings. The van der Waals surface area contributed by atoms with Gasteiger partial charge in [0.1, 0.15) is 0 Å². The van der Waals surface area contributed by atoms with Crippen molar-refractivity contribution in [2.45, 2.75) is 5.16 Å². The van der Waals surface area contributed by atoms with E-state index in [9.17, 15) is 8.42 Å². The summed E-state index contributed by atoms with van der Waals surface area (Å²) in [5.41, 5.74) is 0. The van der Waals surface area contributed by atoms with Gasteiger partial charge in [0.05, 0.1) is 0 Å². The van der Waals surface area contributed by atoms with Crippen LogP contribution in [0.15, 0.2) is 17.6 Å². The van der Waals surface area contributed by atoms with Crippen LogP contribution in [0, 0.1) is 0 Å². The summed E-state index contributed by atoms with van der Waals surface area (Å²) in [6, 6.07) is 0. The number of hydrogen-bond acceptors (Lipinski definition) is 4. The van der Waals surface area contributed by atoms with E-state index in [1.165, 1.54) is 12.4 Å². The second kappa shape index (κ2) is 2.39. The van der Waals surface area contributed by atoms with Crippen LogP contribution in [0.4, 0.5) is 0 Å². The topological polar surface area (TPSA) is 83.1 Å². The van der Waals surface area contributed by atoms with Crippen LogP contribution in [0.5, 0.6) is 0 Å². The second-order valence-electron chi connectivity index (χ2n) is 1.64. The van der Waals surface area contributed by atoms with Crippen molar-refractivity contribution >= 4 is 9.84 Å². The molecule has 0 bridgehead atoms. The van der Waals surface area contributed by atoms with Gasteiger partial charge in [-0.1, -0.05) is 0 Å². The van der Waals surface area contributed by atoms with Crippen molar-refractivity contribution in [2.24, 2.45) is 0 Å². The molecule has 0 fully saturated rings. The number of sulfone groups is 1. The number of aromatic nitrogens is 2. The van der Waals surface area contributed by atoms with Crippen molar-refractivity contribution in [2.75, 3.05) is 5.94 Å². The summed E-state index contributed by atoms with van der Waals surface area (Å²) in [4.78, 5) is 5.82. The van der Waals surface area contributed by atoms with Crippen LogP contribution in [0.1, 0.15) is 0 Å². The molecule has 1 aromatic heterocycles. The number of imidazole rings is 1. The summed E-state index contributed by atoms with van der Waals surface area (Å²) in [6.07, 6.45) is 2.69. The molecule has 1 rings (SSSR count). The summed E-state index contributed by atoms with van der Waals surface area (Å²) < 4.78 is 21.4. The average Bonchev–Trinajstić information content (AvgIpc) is 2.38. The molecule has 0 atom stereocenters. The van der Waals surface area contributed by atoms with Gasteiger partial charge < -0.3 is 10.1 Å². The van der Waals surface area contributed by atoms with Gasteiger partial charge in [0.15, 0.2) is 5.94 Å². The third-order valence-electron chi connectivity index (χ3n) is 0.938. The Bertz CT molecular complexity index is 288. The van der Waals surface area contributed by atoms with Crippen LogP contribution in [0.25, 0.3) is 0 Å². The molecule has 0 radical (unpaired) electrons. The van der Waals surface area contributed by atoms with E-state index in [4.69, 9.17) is 5.11 Å². The minimum absolute atomic E-state index is 0.199. The number of nitrogens with zero attached hydrogens (tertiary/aromatic N) is 1. The standard InChI is InChI=1S/C4H6N2O3S/c7-3-10(8,9)4-5-1-2-6-4/h1-2,7H,3H2,(H,5,6). The van der Waals surface area contributed by atoms with Crippen molar-refractivity contribution < 1.29 is 13.5 Å². The number of nitrogens with one attached hydrogen (secondary N) is 1. The molecule has 0 aliphatic carbocycles. The SMILES string of the molecule is O=S(=O)(CO)c1ncc[nH]1. The van der Waals surface area contributed by atoms with E-state index in [1.807, 2.05) is 0 Å². The third kappa shape index (κ3) is 1.17. The fraction of sp³-hybridized carbons (Fsp3) is 0.250. The van der Waals surface area contributed by atoms with Gasteiger partial charge in [-0.25, -0.2) is 13.4 Å². The fourth-order valence-corrected chi connectivity index (χ4v) is 1.07. The fourth-order valence-electron chi connectivity index (χ4n) is 0.482. The normalized spacial score (nSPS) is 11.7. The molecule has 56 valence electrons. The maximum absolute atomic E-state index is 10.7. The predicted octanol–water partition coefficient (Wildman–Crippen LogP) is -0.867. The zero-order valence-corrected chi connectivity index (χ0v) is 5.80. The highest BCUT2D eigenvalue weighted by atomic mass is 32.2. The highest BCUT2D eigenvalue weighted by Crippen LogP contribution is 2.00. The Kier molecular flexibility index (Phi) is 1.73. The summed E-state index contributed by atoms with van der Waals surface area (Å²) in [7, 11) is -3.57. The molecule has 1 heterocycles. The zero-order chi connectivity index (χ0) is 7.61. The van der Waals surface area contributed by atoms with E-state index in [-0.39, 0.29) is 5.16 Å². The molecule has 2 N–H and O–H groups in total. The number of hydrogen-bond donors (Lipinski definition) is 2. The maximum Gasteiger partial charge on any atom is 0.235 e. The van der Waals surface area contributed by atoms with Crippen LogP contribution >= 0.6 is 0 Å². The molecule has 6 heteroatoms. The number of rotatable bonds is 2. The van der Waals surface area contributed by atoms with Crippen LogP contribution in [-0.4, -0.2) is 29.4 Å². The third-order valence-corrected chi connectivity index (χ3v) is 2.09. The van der Waals surface area contributed by atoms with Gasteiger partial charge in [0, 0.05) is 12.4 Å². The molecule has 0 unspecified atom stereocenters. The first kappa shape index (κ1) is 7.23. The highest BCUT2D eigenvalue weighted by Gasteiger charge is 2.13. The molecule has 0 aliphatic heterocycles. The molecule has 0 amide bonds. The van der Waals surface area contributed by atoms with E-state index in [0.717, 1.165) is 0 Å². The van der Waals surface area contributed by atoms with Crippen molar-refractivity contribution in [3.05, 3.63) is 12.4 Å². The van der Waals surface area contributed by atoms with Gasteiger partial charge in [-0.3, -0.25) is 0 Å². The van der Waals surface area contributed by atoms with Gasteiger partial charge in [-0.05, 0) is 0 Å². The average molecular weight is 162 g/mol. The smallest absolute Gasteiger partial charge is 0.235 e. The summed E-state index contributed by atoms with van der Waals surface area (Å²) in [5.74, 6) is -0.916. The first-order valence-electron chi connectivity index (χ1n) is 2.50. The van der Waals surface area contributed by atoms with Gasteiger partial charge in [-0.15, -0.1) is 0 Å². The molecule has 5 nitrogen and oxygen atoms in total. The Balaban J connectivity index is 3.09. The Morgan fingerprint density at radius 1 is 1.70 bits per heavy atom. The van der Waals surface area contributed by atoms with E-state index in [0.29, 0.717) is 0 Å². The maximum atomic E-state index is 10.7. The van der Waals surface area contributed by atoms with Gasteiger partial charge in [0.25, 0.3) is 0 Å². The molecule has 10 heavy (non-hydrogen) atoms. The molecule has 0 aliphatic rings. The predicted molar refractivity (Wildman–Crippen MR) is 32.9 cm³/mol. The first-order chi connectivity index (χ1) is 4.67. The zero-order valence-electron chi connectivity index (χ0n) is 4.98. The molecule has 0 spiro atoms. The van der Waals surface area contributed by atoms with Crippen LogP contribution in [0.2, 0.25) is 0 Å². The second-order valence-corrected chi connectivity index (χ2v) is 3.51. The molecular weight excluding hydrogens is 156 g/mol. The molecule has 0 saturated heterocycles. The van der Waals surface area contributed by atoms with Crippen molar-refractivity contribution in [3.63, 3.8) is 0 Å². The monoisotopic (exact) mass is 162 g/mol. The van der Waals surface area contributed by atoms with E-state index >= 15 is 0 Å². The lowest BCUT2D eigenvalue weighted by atomic mass is 11.0. The Hall–Kier alpha value is -0.880. The van der Waals surface area contributed by atoms with Crippen LogP contribution < -0.4 is 0 Å². The van der Waals surface area contributed by atoms with E-state index in [2.05, 4.69) is 9.97 Å². The molecule has 0 aromatic carbocycles. The lowest BCUT2D eigenvalue weighted by Crippen LogP contribution is -2.07. The van der Waals surface area contributed by atoms with E-state index < -0.39 is 15.8 Å². The lowest BCUT2D eigenvalue weighted by Gasteiger charge is -1.91. The molecule has 0 saturated carbocycles. The van der Waals surface area contributed by atoms with E-state index in [1.54, 1.807) is 0 Å². The number of aliphatic hydroxyl groups is 1. The minimum atomic E-state index is -3.57. The summed E-state index contributed by atoms with van der Waals surface area (Å²) >= 11 is 0. The van der Waals surface area contributed by atoms with Gasteiger partial charge in [-0.2, -0.15) is 0 Å². The summed E-state index contributed by atoms with van der Waals surface area (Å²) in [5, 5.41) is 8.12. The minimum Gasteiger partial charge on any atom is -0.380 e. The molecular formula is C4H6N2O3S. The van der Waals surface area contributed by atoms with Crippen molar-refractivity contribution in [1.82, 2.24) is 9.97 Å². The Morgan fingerprint density at radius 2 is 2.40 bits per heavy atom. The van der Waals surface area contributed by atoms with Crippen molar-refractivity contribution in [3.8, 4) is 0 Å². The Morgan fingerprint density at radius 3 is 2.80 bits per heavy atom. The Labute approximate surface area is 57.6 Å². The number of aliphatic hydroxyl groups excluding tert-OH is 1. The van der Waals surface area contributed by atoms with Gasteiger partial charge in [0.2, 0.25) is 15.0 Å². The summed E-state index contributed by atoms with van der Waals surface area (Å²) in [6.45, 7) is 0. The number of aromatic amines is 1. The largest absolute Gasteiger partial charge is 0.380 e. The van der Waals surface area contributed by atoms with Crippen LogP contribution in [-0.2, 0) is 9.84 Å². The lowest BCUT2D eigenvalue weighted by molar-refractivity contribution is 0.357.